The quantitative estimate of drug-likeness (QED) is 0.338. The van der Waals surface area contributed by atoms with E-state index >= 15 is 0 Å². The molecule has 1 N–H and O–H groups in total. The van der Waals surface area contributed by atoms with E-state index in [1.165, 1.54) is 27.1 Å². The van der Waals surface area contributed by atoms with Gasteiger partial charge in [-0.3, -0.25) is 4.57 Å². The molecule has 0 bridgehead atoms. The fourth-order valence-corrected chi connectivity index (χ4v) is 4.81. The number of rotatable bonds is 2. The number of hydrogen-bond acceptors (Lipinski definition) is 2. The van der Waals surface area contributed by atoms with Gasteiger partial charge in [0.05, 0.1) is 11.0 Å². The minimum atomic E-state index is 0.682. The summed E-state index contributed by atoms with van der Waals surface area (Å²) in [5.41, 5.74) is 6.87. The van der Waals surface area contributed by atoms with Crippen molar-refractivity contribution in [3.63, 3.8) is 0 Å². The highest BCUT2D eigenvalue weighted by Crippen LogP contribution is 2.35. The molecule has 3 heterocycles. The average molecular weight is 410 g/mol. The van der Waals surface area contributed by atoms with Gasteiger partial charge in [0.2, 0.25) is 5.95 Å². The Hall–Kier alpha value is -4.44. The van der Waals surface area contributed by atoms with Crippen LogP contribution in [-0.4, -0.2) is 19.5 Å². The van der Waals surface area contributed by atoms with E-state index in [0.717, 1.165) is 27.6 Å². The summed E-state index contributed by atoms with van der Waals surface area (Å²) in [6.07, 6.45) is 3.58. The standard InChI is InChI=1S/C28H18N4/c1-3-8-24-20(6-1)21-12-10-18(16-25(21)31-24)19-11-13-23-22-7-2-4-9-26(22)32(27(23)17-19)28-29-14-5-15-30-28/h1-17,31H. The number of nitrogens with zero attached hydrogens (tertiary/aromatic N) is 3. The lowest BCUT2D eigenvalue weighted by atomic mass is 10.0. The predicted octanol–water partition coefficient (Wildman–Crippen LogP) is 6.88. The van der Waals surface area contributed by atoms with Crippen LogP contribution in [0.4, 0.5) is 0 Å². The van der Waals surface area contributed by atoms with Gasteiger partial charge in [0.25, 0.3) is 0 Å². The van der Waals surface area contributed by atoms with Gasteiger partial charge in [-0.05, 0) is 41.5 Å². The molecule has 150 valence electrons. The Bertz CT molecular complexity index is 1770. The molecule has 0 aliphatic rings. The van der Waals surface area contributed by atoms with E-state index in [-0.39, 0.29) is 0 Å². The summed E-state index contributed by atoms with van der Waals surface area (Å²) in [7, 11) is 0. The minimum absolute atomic E-state index is 0.682. The number of H-pyrrole nitrogens is 1. The highest BCUT2D eigenvalue weighted by molar-refractivity contribution is 6.11. The van der Waals surface area contributed by atoms with Crippen molar-refractivity contribution in [2.75, 3.05) is 0 Å². The molecular weight excluding hydrogens is 392 g/mol. The maximum absolute atomic E-state index is 4.54. The van der Waals surface area contributed by atoms with Crippen LogP contribution in [-0.2, 0) is 0 Å². The first kappa shape index (κ1) is 17.3. The molecule has 0 amide bonds. The minimum Gasteiger partial charge on any atom is -0.354 e. The molecule has 0 radical (unpaired) electrons. The molecule has 4 heteroatoms. The van der Waals surface area contributed by atoms with E-state index in [9.17, 15) is 0 Å². The van der Waals surface area contributed by atoms with E-state index in [1.807, 2.05) is 6.07 Å². The number of nitrogens with one attached hydrogen (secondary N) is 1. The highest BCUT2D eigenvalue weighted by atomic mass is 15.1. The van der Waals surface area contributed by atoms with Crippen LogP contribution in [0.2, 0.25) is 0 Å². The highest BCUT2D eigenvalue weighted by Gasteiger charge is 2.14. The summed E-state index contributed by atoms with van der Waals surface area (Å²) >= 11 is 0. The number of aromatic nitrogens is 4. The van der Waals surface area contributed by atoms with Gasteiger partial charge < -0.3 is 4.98 Å². The molecule has 7 rings (SSSR count). The van der Waals surface area contributed by atoms with Gasteiger partial charge in [-0.15, -0.1) is 0 Å². The first-order valence-electron chi connectivity index (χ1n) is 10.7. The molecule has 0 aliphatic carbocycles. The van der Waals surface area contributed by atoms with Crippen LogP contribution in [0.5, 0.6) is 0 Å². The Labute approximate surface area is 183 Å². The maximum Gasteiger partial charge on any atom is 0.234 e. The number of benzene rings is 4. The summed E-state index contributed by atoms with van der Waals surface area (Å²) in [4.78, 5) is 12.6. The lowest BCUT2D eigenvalue weighted by molar-refractivity contribution is 0.988. The molecule has 0 unspecified atom stereocenters. The second kappa shape index (κ2) is 6.53. The van der Waals surface area contributed by atoms with Crippen molar-refractivity contribution in [1.82, 2.24) is 19.5 Å². The SMILES string of the molecule is c1cnc(-n2c3ccccc3c3ccc(-c4ccc5c(c4)[nH]c4ccccc45)cc32)nc1. The zero-order chi connectivity index (χ0) is 21.1. The Morgan fingerprint density at radius 3 is 2.06 bits per heavy atom. The molecule has 32 heavy (non-hydrogen) atoms. The van der Waals surface area contributed by atoms with Gasteiger partial charge in [0, 0.05) is 45.0 Å². The molecule has 0 spiro atoms. The third-order valence-corrected chi connectivity index (χ3v) is 6.27. The van der Waals surface area contributed by atoms with E-state index in [2.05, 4.69) is 104 Å². The topological polar surface area (TPSA) is 46.5 Å². The zero-order valence-electron chi connectivity index (χ0n) is 17.2. The number of para-hydroxylation sites is 2. The Balaban J connectivity index is 1.49. The molecule has 0 fully saturated rings. The van der Waals surface area contributed by atoms with Crippen LogP contribution in [0.15, 0.2) is 103 Å². The fraction of sp³-hybridized carbons (Fsp3) is 0. The van der Waals surface area contributed by atoms with Crippen molar-refractivity contribution in [3.8, 4) is 17.1 Å². The van der Waals surface area contributed by atoms with Gasteiger partial charge in [0.15, 0.2) is 0 Å². The Kier molecular flexibility index (Phi) is 3.52. The Morgan fingerprint density at radius 2 is 1.19 bits per heavy atom. The van der Waals surface area contributed by atoms with Crippen molar-refractivity contribution in [3.05, 3.63) is 103 Å². The molecule has 0 atom stereocenters. The van der Waals surface area contributed by atoms with Gasteiger partial charge in [-0.1, -0.05) is 60.7 Å². The van der Waals surface area contributed by atoms with Gasteiger partial charge in [-0.25, -0.2) is 9.97 Å². The average Bonchev–Trinajstić information content (AvgIpc) is 3.39. The van der Waals surface area contributed by atoms with Gasteiger partial charge in [-0.2, -0.15) is 0 Å². The molecule has 3 aromatic heterocycles. The summed E-state index contributed by atoms with van der Waals surface area (Å²) < 4.78 is 2.15. The van der Waals surface area contributed by atoms with Crippen LogP contribution < -0.4 is 0 Å². The van der Waals surface area contributed by atoms with E-state index in [0.29, 0.717) is 5.95 Å². The van der Waals surface area contributed by atoms with E-state index < -0.39 is 0 Å². The molecule has 4 nitrogen and oxygen atoms in total. The fourth-order valence-electron chi connectivity index (χ4n) is 4.81. The summed E-state index contributed by atoms with van der Waals surface area (Å²) in [5.74, 6) is 0.682. The summed E-state index contributed by atoms with van der Waals surface area (Å²) in [6.45, 7) is 0. The smallest absolute Gasteiger partial charge is 0.234 e. The number of aromatic amines is 1. The predicted molar refractivity (Wildman–Crippen MR) is 131 cm³/mol. The second-order valence-electron chi connectivity index (χ2n) is 8.06. The largest absolute Gasteiger partial charge is 0.354 e. The molecule has 0 aliphatic heterocycles. The second-order valence-corrected chi connectivity index (χ2v) is 8.06. The number of fused-ring (bicyclic) bond motifs is 6. The van der Waals surface area contributed by atoms with Gasteiger partial charge in [0.1, 0.15) is 0 Å². The first-order chi connectivity index (χ1) is 15.9. The van der Waals surface area contributed by atoms with E-state index in [4.69, 9.17) is 0 Å². The first-order valence-corrected chi connectivity index (χ1v) is 10.7. The van der Waals surface area contributed by atoms with Crippen LogP contribution in [0.25, 0.3) is 60.7 Å². The molecule has 4 aromatic carbocycles. The van der Waals surface area contributed by atoms with E-state index in [1.54, 1.807) is 12.4 Å². The third-order valence-electron chi connectivity index (χ3n) is 6.27. The lowest BCUT2D eigenvalue weighted by Gasteiger charge is -2.07. The third kappa shape index (κ3) is 2.44. The van der Waals surface area contributed by atoms with Crippen molar-refractivity contribution in [1.29, 1.82) is 0 Å². The lowest BCUT2D eigenvalue weighted by Crippen LogP contribution is -1.99. The maximum atomic E-state index is 4.54. The molecule has 0 saturated heterocycles. The van der Waals surface area contributed by atoms with Gasteiger partial charge >= 0.3 is 0 Å². The van der Waals surface area contributed by atoms with Crippen molar-refractivity contribution < 1.29 is 0 Å². The molecular formula is C28H18N4. The molecule has 0 saturated carbocycles. The molecule has 7 aromatic rings. The van der Waals surface area contributed by atoms with Crippen LogP contribution in [0.3, 0.4) is 0 Å². The van der Waals surface area contributed by atoms with Crippen LogP contribution in [0, 0.1) is 0 Å². The van der Waals surface area contributed by atoms with Crippen molar-refractivity contribution in [2.24, 2.45) is 0 Å². The van der Waals surface area contributed by atoms with Crippen molar-refractivity contribution >= 4 is 43.6 Å². The summed E-state index contributed by atoms with van der Waals surface area (Å²) in [5, 5.41) is 4.90. The summed E-state index contributed by atoms with van der Waals surface area (Å²) in [6, 6.07) is 32.0. The Morgan fingerprint density at radius 1 is 0.531 bits per heavy atom. The van der Waals surface area contributed by atoms with Crippen LogP contribution >= 0.6 is 0 Å². The number of hydrogen-bond donors (Lipinski definition) is 1. The zero-order valence-corrected chi connectivity index (χ0v) is 17.2. The monoisotopic (exact) mass is 410 g/mol. The van der Waals surface area contributed by atoms with Crippen molar-refractivity contribution in [2.45, 2.75) is 0 Å². The normalized spacial score (nSPS) is 11.8. The van der Waals surface area contributed by atoms with Crippen LogP contribution in [0.1, 0.15) is 0 Å².